The minimum Gasteiger partial charge on any atom is -0.497 e. The van der Waals surface area contributed by atoms with Crippen molar-refractivity contribution in [2.75, 3.05) is 19.0 Å². The second-order valence-corrected chi connectivity index (χ2v) is 6.31. The van der Waals surface area contributed by atoms with Gasteiger partial charge in [-0.25, -0.2) is 0 Å². The van der Waals surface area contributed by atoms with Crippen LogP contribution >= 0.6 is 0 Å². The van der Waals surface area contributed by atoms with Gasteiger partial charge in [-0.2, -0.15) is 0 Å². The van der Waals surface area contributed by atoms with Crippen LogP contribution in [-0.4, -0.2) is 19.6 Å². The lowest BCUT2D eigenvalue weighted by Crippen LogP contribution is -2.30. The van der Waals surface area contributed by atoms with Crippen LogP contribution in [0.2, 0.25) is 0 Å². The van der Waals surface area contributed by atoms with Crippen molar-refractivity contribution >= 4 is 11.6 Å². The summed E-state index contributed by atoms with van der Waals surface area (Å²) in [6.07, 6.45) is 2.14. The van der Waals surface area contributed by atoms with Crippen molar-refractivity contribution in [2.24, 2.45) is 0 Å². The van der Waals surface area contributed by atoms with Crippen molar-refractivity contribution in [2.45, 2.75) is 31.7 Å². The standard InChI is InChI=1S/C20H24N2O2/c1-14(23)22-18-7-3-5-15(11-18)16-9-10-21-20(13-16)17-6-4-8-19(12-17)24-2/h3-8,11-12,16,20-21H,9-10,13H2,1-2H3,(H,22,23). The van der Waals surface area contributed by atoms with Crippen molar-refractivity contribution in [1.82, 2.24) is 5.32 Å². The highest BCUT2D eigenvalue weighted by atomic mass is 16.5. The molecular weight excluding hydrogens is 300 g/mol. The van der Waals surface area contributed by atoms with Gasteiger partial charge in [-0.15, -0.1) is 0 Å². The largest absolute Gasteiger partial charge is 0.497 e. The number of rotatable bonds is 4. The molecule has 0 saturated carbocycles. The predicted molar refractivity (Wildman–Crippen MR) is 96.5 cm³/mol. The van der Waals surface area contributed by atoms with Gasteiger partial charge in [0, 0.05) is 18.7 Å². The number of nitrogens with one attached hydrogen (secondary N) is 2. The number of piperidine rings is 1. The van der Waals surface area contributed by atoms with Crippen molar-refractivity contribution in [1.29, 1.82) is 0 Å². The van der Waals surface area contributed by atoms with Gasteiger partial charge in [0.1, 0.15) is 5.75 Å². The zero-order valence-corrected chi connectivity index (χ0v) is 14.2. The highest BCUT2D eigenvalue weighted by Crippen LogP contribution is 2.35. The van der Waals surface area contributed by atoms with Gasteiger partial charge in [0.15, 0.2) is 0 Å². The first-order chi connectivity index (χ1) is 11.7. The predicted octanol–water partition coefficient (Wildman–Crippen LogP) is 3.86. The summed E-state index contributed by atoms with van der Waals surface area (Å²) >= 11 is 0. The SMILES string of the molecule is COc1cccc(C2CC(c3cccc(NC(C)=O)c3)CCN2)c1. The van der Waals surface area contributed by atoms with E-state index in [2.05, 4.69) is 34.9 Å². The number of benzene rings is 2. The molecule has 1 fully saturated rings. The Morgan fingerprint density at radius 1 is 1.17 bits per heavy atom. The third-order valence-corrected chi connectivity index (χ3v) is 4.58. The molecule has 1 aliphatic heterocycles. The second-order valence-electron chi connectivity index (χ2n) is 6.31. The Hall–Kier alpha value is -2.33. The molecule has 0 radical (unpaired) electrons. The van der Waals surface area contributed by atoms with Gasteiger partial charge in [-0.1, -0.05) is 24.3 Å². The smallest absolute Gasteiger partial charge is 0.221 e. The highest BCUT2D eigenvalue weighted by molar-refractivity contribution is 5.88. The van der Waals surface area contributed by atoms with Gasteiger partial charge in [0.2, 0.25) is 5.91 Å². The minimum atomic E-state index is -0.0354. The van der Waals surface area contributed by atoms with Gasteiger partial charge >= 0.3 is 0 Å². The Balaban J connectivity index is 1.76. The number of hydrogen-bond donors (Lipinski definition) is 2. The van der Waals surface area contributed by atoms with Crippen LogP contribution in [0.4, 0.5) is 5.69 Å². The molecule has 4 heteroatoms. The third-order valence-electron chi connectivity index (χ3n) is 4.58. The van der Waals surface area contributed by atoms with Crippen LogP contribution in [0.1, 0.15) is 42.9 Å². The first kappa shape index (κ1) is 16.5. The molecule has 1 saturated heterocycles. The summed E-state index contributed by atoms with van der Waals surface area (Å²) in [7, 11) is 1.70. The van der Waals surface area contributed by atoms with Crippen LogP contribution < -0.4 is 15.4 Å². The molecule has 2 aromatic carbocycles. The zero-order chi connectivity index (χ0) is 16.9. The molecule has 4 nitrogen and oxygen atoms in total. The van der Waals surface area contributed by atoms with Gasteiger partial charge in [-0.05, 0) is 60.7 Å². The zero-order valence-electron chi connectivity index (χ0n) is 14.2. The van der Waals surface area contributed by atoms with Crippen LogP contribution in [0.25, 0.3) is 0 Å². The molecule has 24 heavy (non-hydrogen) atoms. The van der Waals surface area contributed by atoms with E-state index in [1.807, 2.05) is 24.3 Å². The van der Waals surface area contributed by atoms with Crippen LogP contribution in [0.5, 0.6) is 5.75 Å². The number of ether oxygens (including phenoxy) is 1. The molecule has 0 spiro atoms. The Morgan fingerprint density at radius 2 is 1.96 bits per heavy atom. The molecule has 2 N–H and O–H groups in total. The summed E-state index contributed by atoms with van der Waals surface area (Å²) < 4.78 is 5.34. The molecule has 2 aromatic rings. The lowest BCUT2D eigenvalue weighted by atomic mass is 9.84. The minimum absolute atomic E-state index is 0.0354. The molecule has 1 heterocycles. The highest BCUT2D eigenvalue weighted by Gasteiger charge is 2.24. The van der Waals surface area contributed by atoms with Crippen LogP contribution in [-0.2, 0) is 4.79 Å². The molecule has 0 aliphatic carbocycles. The molecule has 1 amide bonds. The van der Waals surface area contributed by atoms with E-state index in [4.69, 9.17) is 4.74 Å². The number of carbonyl (C=O) groups is 1. The van der Waals surface area contributed by atoms with Gasteiger partial charge in [0.25, 0.3) is 0 Å². The lowest BCUT2D eigenvalue weighted by molar-refractivity contribution is -0.114. The molecule has 1 aliphatic rings. The van der Waals surface area contributed by atoms with Crippen molar-refractivity contribution < 1.29 is 9.53 Å². The van der Waals surface area contributed by atoms with Gasteiger partial charge in [-0.3, -0.25) is 4.79 Å². The van der Waals surface area contributed by atoms with E-state index in [1.165, 1.54) is 18.1 Å². The van der Waals surface area contributed by atoms with Crippen molar-refractivity contribution in [3.63, 3.8) is 0 Å². The summed E-state index contributed by atoms with van der Waals surface area (Å²) in [4.78, 5) is 11.3. The molecule has 0 aromatic heterocycles. The topological polar surface area (TPSA) is 50.4 Å². The van der Waals surface area contributed by atoms with Crippen molar-refractivity contribution in [3.05, 3.63) is 59.7 Å². The van der Waals surface area contributed by atoms with Crippen molar-refractivity contribution in [3.8, 4) is 5.75 Å². The Bertz CT molecular complexity index is 714. The van der Waals surface area contributed by atoms with E-state index in [0.29, 0.717) is 12.0 Å². The quantitative estimate of drug-likeness (QED) is 0.898. The molecule has 0 bridgehead atoms. The fourth-order valence-corrected chi connectivity index (χ4v) is 3.41. The lowest BCUT2D eigenvalue weighted by Gasteiger charge is -2.31. The maximum atomic E-state index is 11.3. The van der Waals surface area contributed by atoms with Crippen LogP contribution in [0.15, 0.2) is 48.5 Å². The molecular formula is C20H24N2O2. The molecule has 126 valence electrons. The maximum absolute atomic E-state index is 11.3. The summed E-state index contributed by atoms with van der Waals surface area (Å²) in [5.74, 6) is 1.34. The number of anilines is 1. The first-order valence-electron chi connectivity index (χ1n) is 8.40. The normalized spacial score (nSPS) is 20.4. The monoisotopic (exact) mass is 324 g/mol. The summed E-state index contributed by atoms with van der Waals surface area (Å²) in [6, 6.07) is 16.8. The summed E-state index contributed by atoms with van der Waals surface area (Å²) in [5.41, 5.74) is 3.42. The average Bonchev–Trinajstić information content (AvgIpc) is 2.61. The number of amides is 1. The Labute approximate surface area is 143 Å². The number of methoxy groups -OCH3 is 1. The number of carbonyl (C=O) groups excluding carboxylic acids is 1. The molecule has 2 atom stereocenters. The maximum Gasteiger partial charge on any atom is 0.221 e. The second kappa shape index (κ2) is 7.49. The van der Waals surface area contributed by atoms with E-state index >= 15 is 0 Å². The fourth-order valence-electron chi connectivity index (χ4n) is 3.41. The summed E-state index contributed by atoms with van der Waals surface area (Å²) in [6.45, 7) is 2.52. The van der Waals surface area contributed by atoms with Gasteiger partial charge in [0.05, 0.1) is 7.11 Å². The van der Waals surface area contributed by atoms with E-state index in [1.54, 1.807) is 7.11 Å². The van der Waals surface area contributed by atoms with Crippen LogP contribution in [0, 0.1) is 0 Å². The van der Waals surface area contributed by atoms with E-state index < -0.39 is 0 Å². The van der Waals surface area contributed by atoms with E-state index in [-0.39, 0.29) is 5.91 Å². The number of hydrogen-bond acceptors (Lipinski definition) is 3. The van der Waals surface area contributed by atoms with E-state index in [9.17, 15) is 4.79 Å². The van der Waals surface area contributed by atoms with E-state index in [0.717, 1.165) is 30.8 Å². The fraction of sp³-hybridized carbons (Fsp3) is 0.350. The first-order valence-corrected chi connectivity index (χ1v) is 8.40. The Kier molecular flexibility index (Phi) is 5.16. The Morgan fingerprint density at radius 3 is 2.75 bits per heavy atom. The molecule has 2 unspecified atom stereocenters. The summed E-state index contributed by atoms with van der Waals surface area (Å²) in [5, 5.41) is 6.48. The average molecular weight is 324 g/mol. The van der Waals surface area contributed by atoms with Crippen LogP contribution in [0.3, 0.4) is 0 Å². The molecule has 3 rings (SSSR count). The third kappa shape index (κ3) is 3.95. The van der Waals surface area contributed by atoms with Gasteiger partial charge < -0.3 is 15.4 Å².